The van der Waals surface area contributed by atoms with Crippen LogP contribution in [0.2, 0.25) is 0 Å². The van der Waals surface area contributed by atoms with Gasteiger partial charge in [0.25, 0.3) is 0 Å². The first-order chi connectivity index (χ1) is 9.58. The van der Waals surface area contributed by atoms with Crippen molar-refractivity contribution in [3.63, 3.8) is 0 Å². The summed E-state index contributed by atoms with van der Waals surface area (Å²) in [5, 5.41) is 12.0. The first kappa shape index (κ1) is 14.5. The van der Waals surface area contributed by atoms with Crippen LogP contribution >= 0.6 is 0 Å². The minimum atomic E-state index is -0.768. The Kier molecular flexibility index (Phi) is 4.39. The lowest BCUT2D eigenvalue weighted by molar-refractivity contribution is -0.140. The molecule has 108 valence electrons. The zero-order valence-electron chi connectivity index (χ0n) is 11.4. The number of benzene rings is 1. The van der Waals surface area contributed by atoms with Crippen LogP contribution in [0, 0.1) is 0 Å². The quantitative estimate of drug-likeness (QED) is 0.663. The van der Waals surface area contributed by atoms with Crippen molar-refractivity contribution >= 4 is 17.6 Å². The molecule has 5 nitrogen and oxygen atoms in total. The summed E-state index contributed by atoms with van der Waals surface area (Å²) in [6.45, 7) is 0.596. The number of carboxylic acids is 1. The Hall–Kier alpha value is -1.88. The minimum Gasteiger partial charge on any atom is -0.481 e. The average molecular weight is 276 g/mol. The van der Waals surface area contributed by atoms with Crippen LogP contribution < -0.4 is 11.1 Å². The number of unbranched alkanes of at least 4 members (excludes halogenated alkanes) is 1. The van der Waals surface area contributed by atoms with E-state index in [1.807, 2.05) is 0 Å². The van der Waals surface area contributed by atoms with Crippen molar-refractivity contribution in [1.82, 2.24) is 0 Å². The van der Waals surface area contributed by atoms with Gasteiger partial charge in [-0.2, -0.15) is 0 Å². The highest BCUT2D eigenvalue weighted by Gasteiger charge is 2.51. The van der Waals surface area contributed by atoms with Crippen LogP contribution in [0.1, 0.15) is 37.7 Å². The van der Waals surface area contributed by atoms with E-state index in [1.165, 1.54) is 0 Å². The van der Waals surface area contributed by atoms with Crippen LogP contribution in [-0.4, -0.2) is 23.5 Å². The van der Waals surface area contributed by atoms with E-state index in [9.17, 15) is 14.7 Å². The largest absolute Gasteiger partial charge is 0.481 e. The Morgan fingerprint density at radius 2 is 1.85 bits per heavy atom. The first-order valence-corrected chi connectivity index (χ1v) is 6.92. The number of amides is 1. The predicted octanol–water partition coefficient (Wildman–Crippen LogP) is 1.87. The highest BCUT2D eigenvalue weighted by Crippen LogP contribution is 2.48. The fourth-order valence-electron chi connectivity index (χ4n) is 2.28. The molecule has 0 spiro atoms. The molecule has 1 amide bonds. The maximum Gasteiger partial charge on any atom is 0.314 e. The number of aliphatic carboxylic acids is 1. The molecule has 0 heterocycles. The standard InChI is InChI=1S/C15H20N2O3/c16-10-2-1-3-13(18)17-12-6-4-11(5-7-12)15(8-9-15)14(19)20/h4-7H,1-3,8-10,16H2,(H,17,18)(H,19,20). The van der Waals surface area contributed by atoms with Gasteiger partial charge in [-0.15, -0.1) is 0 Å². The normalized spacial score (nSPS) is 15.7. The maximum atomic E-state index is 11.6. The summed E-state index contributed by atoms with van der Waals surface area (Å²) in [5.74, 6) is -0.804. The van der Waals surface area contributed by atoms with Gasteiger partial charge in [0.05, 0.1) is 5.41 Å². The van der Waals surface area contributed by atoms with E-state index >= 15 is 0 Å². The second-order valence-electron chi connectivity index (χ2n) is 5.26. The third-order valence-electron chi connectivity index (χ3n) is 3.74. The molecule has 0 atom stereocenters. The highest BCUT2D eigenvalue weighted by molar-refractivity contribution is 5.91. The first-order valence-electron chi connectivity index (χ1n) is 6.92. The van der Waals surface area contributed by atoms with Gasteiger partial charge < -0.3 is 16.2 Å². The molecule has 5 heteroatoms. The number of carboxylic acid groups (broad SMARTS) is 1. The van der Waals surface area contributed by atoms with Gasteiger partial charge in [0, 0.05) is 12.1 Å². The van der Waals surface area contributed by atoms with Crippen LogP contribution in [-0.2, 0) is 15.0 Å². The average Bonchev–Trinajstić information content (AvgIpc) is 3.21. The number of hydrogen-bond acceptors (Lipinski definition) is 3. The van der Waals surface area contributed by atoms with Crippen molar-refractivity contribution in [2.75, 3.05) is 11.9 Å². The number of hydrogen-bond donors (Lipinski definition) is 3. The topological polar surface area (TPSA) is 92.4 Å². The second kappa shape index (κ2) is 6.05. The Labute approximate surface area is 118 Å². The molecule has 20 heavy (non-hydrogen) atoms. The van der Waals surface area contributed by atoms with Crippen LogP contribution in [0.5, 0.6) is 0 Å². The van der Waals surface area contributed by atoms with E-state index in [4.69, 9.17) is 5.73 Å². The van der Waals surface area contributed by atoms with Gasteiger partial charge in [0.1, 0.15) is 0 Å². The molecule has 1 fully saturated rings. The predicted molar refractivity (Wildman–Crippen MR) is 76.5 cm³/mol. The van der Waals surface area contributed by atoms with E-state index < -0.39 is 11.4 Å². The molecule has 1 aliphatic rings. The molecular formula is C15H20N2O3. The second-order valence-corrected chi connectivity index (χ2v) is 5.26. The van der Waals surface area contributed by atoms with Gasteiger partial charge in [-0.25, -0.2) is 0 Å². The number of carbonyl (C=O) groups is 2. The van der Waals surface area contributed by atoms with Gasteiger partial charge in [-0.3, -0.25) is 9.59 Å². The summed E-state index contributed by atoms with van der Waals surface area (Å²) < 4.78 is 0. The van der Waals surface area contributed by atoms with Crippen molar-refractivity contribution in [3.8, 4) is 0 Å². The third-order valence-corrected chi connectivity index (χ3v) is 3.74. The zero-order valence-corrected chi connectivity index (χ0v) is 11.4. The molecule has 2 rings (SSSR count). The lowest BCUT2D eigenvalue weighted by Gasteiger charge is -2.11. The molecule has 0 aliphatic heterocycles. The molecule has 0 aromatic heterocycles. The third kappa shape index (κ3) is 3.17. The smallest absolute Gasteiger partial charge is 0.314 e. The monoisotopic (exact) mass is 276 g/mol. The van der Waals surface area contributed by atoms with Crippen LogP contribution in [0.25, 0.3) is 0 Å². The summed E-state index contributed by atoms with van der Waals surface area (Å²) in [6.07, 6.45) is 3.45. The minimum absolute atomic E-state index is 0.0365. The number of nitrogens with two attached hydrogens (primary N) is 1. The molecule has 1 aromatic rings. The van der Waals surface area contributed by atoms with Gasteiger partial charge in [-0.05, 0) is 49.9 Å². The molecule has 1 aromatic carbocycles. The van der Waals surface area contributed by atoms with Crippen LogP contribution in [0.15, 0.2) is 24.3 Å². The SMILES string of the molecule is NCCCCC(=O)Nc1ccc(C2(C(=O)O)CC2)cc1. The highest BCUT2D eigenvalue weighted by atomic mass is 16.4. The molecular weight excluding hydrogens is 256 g/mol. The molecule has 1 aliphatic carbocycles. The van der Waals surface area contributed by atoms with Gasteiger partial charge in [0.15, 0.2) is 0 Å². The van der Waals surface area contributed by atoms with Crippen molar-refractivity contribution in [2.24, 2.45) is 5.73 Å². The summed E-state index contributed by atoms with van der Waals surface area (Å²) >= 11 is 0. The molecule has 1 saturated carbocycles. The lowest BCUT2D eigenvalue weighted by atomic mass is 9.96. The Balaban J connectivity index is 1.92. The molecule has 0 radical (unpaired) electrons. The van der Waals surface area contributed by atoms with E-state index in [-0.39, 0.29) is 5.91 Å². The number of carbonyl (C=O) groups excluding carboxylic acids is 1. The van der Waals surface area contributed by atoms with Gasteiger partial charge >= 0.3 is 5.97 Å². The van der Waals surface area contributed by atoms with Gasteiger partial charge in [-0.1, -0.05) is 12.1 Å². The van der Waals surface area contributed by atoms with E-state index in [0.717, 1.165) is 18.4 Å². The maximum absolute atomic E-state index is 11.6. The Bertz CT molecular complexity index is 492. The molecule has 0 saturated heterocycles. The summed E-state index contributed by atoms with van der Waals surface area (Å²) in [6, 6.07) is 7.10. The summed E-state index contributed by atoms with van der Waals surface area (Å²) in [7, 11) is 0. The lowest BCUT2D eigenvalue weighted by Crippen LogP contribution is -2.19. The summed E-state index contributed by atoms with van der Waals surface area (Å²) in [4.78, 5) is 22.9. The van der Waals surface area contributed by atoms with Gasteiger partial charge in [0.2, 0.25) is 5.91 Å². The molecule has 0 bridgehead atoms. The zero-order chi connectivity index (χ0) is 14.6. The van der Waals surface area contributed by atoms with Crippen LogP contribution in [0.4, 0.5) is 5.69 Å². The van der Waals surface area contributed by atoms with Crippen LogP contribution in [0.3, 0.4) is 0 Å². The summed E-state index contributed by atoms with van der Waals surface area (Å²) in [5.41, 5.74) is 6.20. The van der Waals surface area contributed by atoms with Crippen molar-refractivity contribution in [1.29, 1.82) is 0 Å². The van der Waals surface area contributed by atoms with Crippen molar-refractivity contribution in [2.45, 2.75) is 37.5 Å². The number of rotatable bonds is 7. The number of nitrogens with one attached hydrogen (secondary N) is 1. The van der Waals surface area contributed by atoms with E-state index in [2.05, 4.69) is 5.32 Å². The molecule has 0 unspecified atom stereocenters. The van der Waals surface area contributed by atoms with E-state index in [1.54, 1.807) is 24.3 Å². The fraction of sp³-hybridized carbons (Fsp3) is 0.467. The van der Waals surface area contributed by atoms with E-state index in [0.29, 0.717) is 31.5 Å². The molecule has 4 N–H and O–H groups in total. The Morgan fingerprint density at radius 1 is 1.20 bits per heavy atom. The number of anilines is 1. The fourth-order valence-corrected chi connectivity index (χ4v) is 2.28. The van der Waals surface area contributed by atoms with Crippen molar-refractivity contribution < 1.29 is 14.7 Å². The Morgan fingerprint density at radius 3 is 2.35 bits per heavy atom. The van der Waals surface area contributed by atoms with Crippen molar-refractivity contribution in [3.05, 3.63) is 29.8 Å².